The third-order valence-electron chi connectivity index (χ3n) is 8.20. The smallest absolute Gasteiger partial charge is 0.412 e. The Morgan fingerprint density at radius 3 is 2.53 bits per heavy atom. The van der Waals surface area contributed by atoms with Crippen LogP contribution in [0.1, 0.15) is 59.9 Å². The summed E-state index contributed by atoms with van der Waals surface area (Å²) in [7, 11) is 1.36. The van der Waals surface area contributed by atoms with E-state index in [1.54, 1.807) is 20.8 Å². The zero-order chi connectivity index (χ0) is 35.6. The van der Waals surface area contributed by atoms with Gasteiger partial charge in [0.1, 0.15) is 45.0 Å². The number of thiophene rings is 1. The van der Waals surface area contributed by atoms with Crippen LogP contribution in [0.25, 0.3) is 32.1 Å². The maximum absolute atomic E-state index is 16.9. The standard InChI is InChI=1S/C34H35ClF2N6O5S/c1-32(2,3)47-29(44)34-11-10-16(42-34)14-43(15-34)27-18-12-20(35)23(24(37)25(18)39-30(40-27)46-7)17-8-9-21(36)26-22(17)19(13-38)28(49-26)41-31(45)48-33(4,5)6/h8-9,12,16,42H,10-11,14-15H2,1-7H3,(H,41,45). The quantitative estimate of drug-likeness (QED) is 0.202. The Hall–Kier alpha value is -4.32. The molecule has 258 valence electrons. The van der Waals surface area contributed by atoms with Gasteiger partial charge in [-0.15, -0.1) is 11.3 Å². The number of nitriles is 1. The molecule has 11 nitrogen and oxygen atoms in total. The van der Waals surface area contributed by atoms with Crippen LogP contribution in [-0.4, -0.2) is 65.0 Å². The molecule has 2 bridgehead atoms. The second-order valence-corrected chi connectivity index (χ2v) is 15.6. The topological polar surface area (TPSA) is 139 Å². The van der Waals surface area contributed by atoms with Crippen molar-refractivity contribution in [3.05, 3.63) is 40.4 Å². The minimum atomic E-state index is -1.000. The Kier molecular flexibility index (Phi) is 8.62. The number of amides is 1. The number of halogens is 3. The summed E-state index contributed by atoms with van der Waals surface area (Å²) < 4.78 is 48.6. The number of hydrogen-bond acceptors (Lipinski definition) is 11. The van der Waals surface area contributed by atoms with Gasteiger partial charge in [-0.05, 0) is 72.1 Å². The van der Waals surface area contributed by atoms with E-state index in [9.17, 15) is 14.9 Å². The minimum absolute atomic E-state index is 0.0142. The number of rotatable bonds is 5. The van der Waals surface area contributed by atoms with Crippen molar-refractivity contribution in [3.8, 4) is 23.2 Å². The summed E-state index contributed by atoms with van der Waals surface area (Å²) in [5.41, 5.74) is -2.74. The number of nitrogens with zero attached hydrogens (tertiary/aromatic N) is 4. The van der Waals surface area contributed by atoms with E-state index in [1.165, 1.54) is 19.2 Å². The van der Waals surface area contributed by atoms with Crippen LogP contribution in [0, 0.1) is 23.0 Å². The largest absolute Gasteiger partial charge is 0.467 e. The number of fused-ring (bicyclic) bond motifs is 4. The SMILES string of the molecule is COc1nc(N2CC3CCC(C(=O)OC(C)(C)C)(C2)N3)c2cc(Cl)c(-c3ccc(F)c4sc(NC(=O)OC(C)(C)C)c(C#N)c34)c(F)c2n1. The summed E-state index contributed by atoms with van der Waals surface area (Å²) in [6.07, 6.45) is 0.441. The molecule has 0 aliphatic carbocycles. The van der Waals surface area contributed by atoms with E-state index in [0.29, 0.717) is 18.8 Å². The van der Waals surface area contributed by atoms with E-state index in [0.717, 1.165) is 23.8 Å². The number of methoxy groups -OCH3 is 1. The molecule has 2 aromatic heterocycles. The highest BCUT2D eigenvalue weighted by molar-refractivity contribution is 7.23. The summed E-state index contributed by atoms with van der Waals surface area (Å²) in [6, 6.07) is 5.84. The molecule has 49 heavy (non-hydrogen) atoms. The molecule has 2 aromatic carbocycles. The first-order valence-electron chi connectivity index (χ1n) is 15.6. The van der Waals surface area contributed by atoms with E-state index < -0.39 is 34.5 Å². The van der Waals surface area contributed by atoms with Gasteiger partial charge in [0.15, 0.2) is 5.82 Å². The number of hydrogen-bond donors (Lipinski definition) is 2. The number of anilines is 2. The number of carbonyl (C=O) groups excluding carboxylic acids is 2. The molecular formula is C34H35ClF2N6O5S. The molecule has 2 aliphatic rings. The van der Waals surface area contributed by atoms with Gasteiger partial charge in [-0.1, -0.05) is 17.7 Å². The molecule has 2 atom stereocenters. The van der Waals surface area contributed by atoms with Crippen molar-refractivity contribution in [2.45, 2.75) is 77.2 Å². The Balaban J connectivity index is 1.49. The van der Waals surface area contributed by atoms with Gasteiger partial charge in [0.25, 0.3) is 0 Å². The van der Waals surface area contributed by atoms with Crippen LogP contribution in [0.2, 0.25) is 5.02 Å². The predicted molar refractivity (Wildman–Crippen MR) is 183 cm³/mol. The fraction of sp³-hybridized carbons (Fsp3) is 0.441. The summed E-state index contributed by atoms with van der Waals surface area (Å²) in [6.45, 7) is 11.1. The second-order valence-electron chi connectivity index (χ2n) is 14.2. The predicted octanol–water partition coefficient (Wildman–Crippen LogP) is 7.32. The Bertz CT molecular complexity index is 2070. The van der Waals surface area contributed by atoms with Gasteiger partial charge < -0.3 is 19.1 Å². The van der Waals surface area contributed by atoms with Gasteiger partial charge in [0, 0.05) is 35.5 Å². The lowest BCUT2D eigenvalue weighted by Gasteiger charge is -2.41. The molecule has 4 heterocycles. The average Bonchev–Trinajstić information content (AvgIpc) is 3.53. The van der Waals surface area contributed by atoms with Gasteiger partial charge in [-0.2, -0.15) is 15.2 Å². The van der Waals surface area contributed by atoms with Crippen LogP contribution in [0.5, 0.6) is 6.01 Å². The van der Waals surface area contributed by atoms with Gasteiger partial charge >= 0.3 is 18.1 Å². The fourth-order valence-electron chi connectivity index (χ4n) is 6.35. The lowest BCUT2D eigenvalue weighted by atomic mass is 9.95. The average molecular weight is 713 g/mol. The minimum Gasteiger partial charge on any atom is -0.467 e. The molecule has 2 aliphatic heterocycles. The molecule has 2 saturated heterocycles. The van der Waals surface area contributed by atoms with Crippen molar-refractivity contribution in [1.29, 1.82) is 5.26 Å². The number of benzene rings is 2. The summed E-state index contributed by atoms with van der Waals surface area (Å²) >= 11 is 7.67. The molecule has 6 rings (SSSR count). The summed E-state index contributed by atoms with van der Waals surface area (Å²) in [4.78, 5) is 36.8. The molecule has 0 radical (unpaired) electrons. The van der Waals surface area contributed by atoms with E-state index in [-0.39, 0.29) is 72.3 Å². The van der Waals surface area contributed by atoms with Crippen molar-refractivity contribution >= 4 is 66.8 Å². The van der Waals surface area contributed by atoms with E-state index in [2.05, 4.69) is 20.6 Å². The monoisotopic (exact) mass is 712 g/mol. The van der Waals surface area contributed by atoms with Crippen LogP contribution in [0.3, 0.4) is 0 Å². The maximum Gasteiger partial charge on any atom is 0.412 e. The lowest BCUT2D eigenvalue weighted by Crippen LogP contribution is -2.64. The van der Waals surface area contributed by atoms with Gasteiger partial charge in [-0.3, -0.25) is 10.6 Å². The molecule has 0 spiro atoms. The highest BCUT2D eigenvalue weighted by atomic mass is 35.5. The van der Waals surface area contributed by atoms with Crippen LogP contribution in [0.15, 0.2) is 18.2 Å². The number of piperazine rings is 1. The third-order valence-corrected chi connectivity index (χ3v) is 9.61. The van der Waals surface area contributed by atoms with Crippen molar-refractivity contribution in [1.82, 2.24) is 15.3 Å². The third kappa shape index (κ3) is 6.42. The molecule has 2 unspecified atom stereocenters. The van der Waals surface area contributed by atoms with Gasteiger partial charge in [-0.25, -0.2) is 18.4 Å². The van der Waals surface area contributed by atoms with Crippen molar-refractivity contribution < 1.29 is 32.6 Å². The molecule has 15 heteroatoms. The molecule has 1 amide bonds. The van der Waals surface area contributed by atoms with Crippen molar-refractivity contribution in [2.75, 3.05) is 30.4 Å². The fourth-order valence-corrected chi connectivity index (χ4v) is 7.71. The number of ether oxygens (including phenoxy) is 3. The normalized spacial score (nSPS) is 19.2. The molecule has 2 fully saturated rings. The molecule has 2 N–H and O–H groups in total. The molecular weight excluding hydrogens is 678 g/mol. The van der Waals surface area contributed by atoms with E-state index in [1.807, 2.05) is 31.7 Å². The number of carbonyl (C=O) groups is 2. The Morgan fingerprint density at radius 2 is 1.88 bits per heavy atom. The van der Waals surface area contributed by atoms with Gasteiger partial charge in [0.05, 0.1) is 22.4 Å². The van der Waals surface area contributed by atoms with Crippen LogP contribution in [0.4, 0.5) is 24.4 Å². The number of esters is 1. The van der Waals surface area contributed by atoms with E-state index in [4.69, 9.17) is 25.8 Å². The van der Waals surface area contributed by atoms with Crippen molar-refractivity contribution in [3.63, 3.8) is 0 Å². The molecule has 4 aromatic rings. The van der Waals surface area contributed by atoms with Crippen molar-refractivity contribution in [2.24, 2.45) is 0 Å². The zero-order valence-electron chi connectivity index (χ0n) is 28.0. The maximum atomic E-state index is 16.9. The number of aromatic nitrogens is 2. The first-order valence-corrected chi connectivity index (χ1v) is 16.8. The lowest BCUT2D eigenvalue weighted by molar-refractivity contribution is -0.162. The van der Waals surface area contributed by atoms with Gasteiger partial charge in [0.2, 0.25) is 0 Å². The van der Waals surface area contributed by atoms with E-state index >= 15 is 8.78 Å². The summed E-state index contributed by atoms with van der Waals surface area (Å²) in [5.74, 6) is -1.59. The number of nitrogens with one attached hydrogen (secondary N) is 2. The first kappa shape index (κ1) is 34.5. The highest BCUT2D eigenvalue weighted by Gasteiger charge is 2.52. The Morgan fingerprint density at radius 1 is 1.16 bits per heavy atom. The van der Waals surface area contributed by atoms with Crippen LogP contribution >= 0.6 is 22.9 Å². The zero-order valence-corrected chi connectivity index (χ0v) is 29.6. The highest BCUT2D eigenvalue weighted by Crippen LogP contribution is 2.47. The molecule has 0 saturated carbocycles. The Labute approximate surface area is 290 Å². The second kappa shape index (κ2) is 12.2. The van der Waals surface area contributed by atoms with Crippen LogP contribution in [-0.2, 0) is 14.3 Å². The summed E-state index contributed by atoms with van der Waals surface area (Å²) in [5, 5.41) is 16.5. The van der Waals surface area contributed by atoms with Crippen LogP contribution < -0.4 is 20.3 Å². The first-order chi connectivity index (χ1) is 22.9.